The Hall–Kier alpha value is -3.21. The summed E-state index contributed by atoms with van der Waals surface area (Å²) in [5.41, 5.74) is 5.65. The molecule has 184 valence electrons. The van der Waals surface area contributed by atoms with Gasteiger partial charge < -0.3 is 0 Å². The smallest absolute Gasteiger partial charge is 0.196 e. The highest BCUT2D eigenvalue weighted by Crippen LogP contribution is 2.43. The molecule has 0 N–H and O–H groups in total. The maximum Gasteiger partial charge on any atom is 0.196 e. The van der Waals surface area contributed by atoms with E-state index in [2.05, 4.69) is 64.1 Å². The minimum absolute atomic E-state index is 0.0402. The van der Waals surface area contributed by atoms with Crippen molar-refractivity contribution in [3.63, 3.8) is 0 Å². The Morgan fingerprint density at radius 2 is 1.51 bits per heavy atom. The van der Waals surface area contributed by atoms with Gasteiger partial charge in [0.2, 0.25) is 0 Å². The van der Waals surface area contributed by atoms with E-state index in [-0.39, 0.29) is 23.0 Å². The van der Waals surface area contributed by atoms with Crippen LogP contribution in [0.25, 0.3) is 20.2 Å². The Kier molecular flexibility index (Phi) is 6.05. The van der Waals surface area contributed by atoms with Crippen molar-refractivity contribution in [2.45, 2.75) is 55.7 Å². The van der Waals surface area contributed by atoms with Crippen LogP contribution in [0.5, 0.6) is 0 Å². The summed E-state index contributed by atoms with van der Waals surface area (Å²) in [7, 11) is 0. The molecule has 1 aliphatic rings. The molecule has 1 aromatic heterocycles. The molecular weight excluding hydrogens is 492 g/mol. The Balaban J connectivity index is 1.67. The largest absolute Gasteiger partial charge is 0.289 e. The first-order valence-electron chi connectivity index (χ1n) is 12.8. The van der Waals surface area contributed by atoms with Crippen LogP contribution in [-0.4, -0.2) is 5.78 Å². The van der Waals surface area contributed by atoms with E-state index in [1.165, 1.54) is 10.5 Å². The van der Waals surface area contributed by atoms with Crippen molar-refractivity contribution in [1.29, 1.82) is 0 Å². The highest BCUT2D eigenvalue weighted by Gasteiger charge is 2.28. The molecule has 0 spiro atoms. The van der Waals surface area contributed by atoms with Crippen LogP contribution in [-0.2, 0) is 6.42 Å². The lowest BCUT2D eigenvalue weighted by molar-refractivity contribution is 0.103. The van der Waals surface area contributed by atoms with Gasteiger partial charge in [-0.2, -0.15) is 0 Å². The Bertz CT molecular complexity index is 1780. The van der Waals surface area contributed by atoms with E-state index < -0.39 is 0 Å². The number of carbonyl (C=O) groups excluding carboxylic acids is 1. The molecule has 0 saturated heterocycles. The Morgan fingerprint density at radius 1 is 0.811 bits per heavy atom. The van der Waals surface area contributed by atoms with Crippen LogP contribution in [0.15, 0.2) is 87.4 Å². The van der Waals surface area contributed by atoms with Crippen LogP contribution >= 0.6 is 23.1 Å². The molecule has 0 saturated carbocycles. The van der Waals surface area contributed by atoms with Gasteiger partial charge in [-0.1, -0.05) is 88.0 Å². The fourth-order valence-electron chi connectivity index (χ4n) is 5.40. The topological polar surface area (TPSA) is 34.1 Å². The first-order valence-corrected chi connectivity index (χ1v) is 14.4. The predicted molar refractivity (Wildman–Crippen MR) is 157 cm³/mol. The summed E-state index contributed by atoms with van der Waals surface area (Å²) in [5, 5.41) is 1.27. The molecule has 0 atom stereocenters. The fourth-order valence-corrected chi connectivity index (χ4v) is 7.85. The van der Waals surface area contributed by atoms with Gasteiger partial charge in [0.1, 0.15) is 0 Å². The summed E-state index contributed by atoms with van der Waals surface area (Å²) in [6.07, 6.45) is 0.717. The zero-order valence-electron chi connectivity index (χ0n) is 21.4. The van der Waals surface area contributed by atoms with E-state index in [9.17, 15) is 9.59 Å². The van der Waals surface area contributed by atoms with E-state index >= 15 is 0 Å². The monoisotopic (exact) mass is 520 g/mol. The van der Waals surface area contributed by atoms with Crippen molar-refractivity contribution >= 4 is 49.1 Å². The molecule has 2 heterocycles. The second-order valence-electron chi connectivity index (χ2n) is 10.4. The van der Waals surface area contributed by atoms with Gasteiger partial charge in [-0.15, -0.1) is 11.3 Å². The summed E-state index contributed by atoms with van der Waals surface area (Å²) in [6, 6.07) is 24.4. The van der Waals surface area contributed by atoms with Crippen LogP contribution in [0, 0.1) is 0 Å². The number of carbonyl (C=O) groups is 1. The molecule has 0 aliphatic carbocycles. The van der Waals surface area contributed by atoms with Crippen molar-refractivity contribution in [3.05, 3.63) is 116 Å². The standard InChI is InChI=1S/C33H28O2S2/c1-18(2)23-17-24(19(3)4)33-30(32(35)22-11-6-8-14-27(22)37-33)29(23)31(34)21-12-9-15-28-25(21)16-20-10-5-7-13-26(20)36-28/h5-15,17-19H,16H2,1-4H3. The van der Waals surface area contributed by atoms with Gasteiger partial charge in [0, 0.05) is 42.1 Å². The third-order valence-electron chi connectivity index (χ3n) is 7.32. The molecule has 0 bridgehead atoms. The van der Waals surface area contributed by atoms with Crippen molar-refractivity contribution in [2.75, 3.05) is 0 Å². The van der Waals surface area contributed by atoms with Crippen molar-refractivity contribution in [3.8, 4) is 0 Å². The minimum Gasteiger partial charge on any atom is -0.289 e. The third-order valence-corrected chi connectivity index (χ3v) is 9.76. The number of rotatable bonds is 4. The molecule has 5 aromatic rings. The summed E-state index contributed by atoms with van der Waals surface area (Å²) >= 11 is 3.35. The highest BCUT2D eigenvalue weighted by atomic mass is 32.2. The lowest BCUT2D eigenvalue weighted by Crippen LogP contribution is -2.17. The van der Waals surface area contributed by atoms with Crippen LogP contribution < -0.4 is 5.43 Å². The number of hydrogen-bond acceptors (Lipinski definition) is 4. The molecule has 0 amide bonds. The fraction of sp³-hybridized carbons (Fsp3) is 0.212. The molecule has 0 unspecified atom stereocenters. The minimum atomic E-state index is -0.0413. The van der Waals surface area contributed by atoms with Gasteiger partial charge in [-0.25, -0.2) is 0 Å². The second kappa shape index (κ2) is 9.27. The maximum atomic E-state index is 14.6. The molecular formula is C33H28O2S2. The molecule has 4 heteroatoms. The van der Waals surface area contributed by atoms with Gasteiger partial charge in [-0.05, 0) is 58.4 Å². The lowest BCUT2D eigenvalue weighted by atomic mass is 9.84. The van der Waals surface area contributed by atoms with Gasteiger partial charge >= 0.3 is 0 Å². The van der Waals surface area contributed by atoms with Gasteiger partial charge in [0.05, 0.1) is 5.39 Å². The maximum absolute atomic E-state index is 14.6. The van der Waals surface area contributed by atoms with Crippen molar-refractivity contribution < 1.29 is 4.79 Å². The number of ketones is 1. The molecule has 2 nitrogen and oxygen atoms in total. The third kappa shape index (κ3) is 3.94. The number of fused-ring (bicyclic) bond motifs is 4. The van der Waals surface area contributed by atoms with Crippen LogP contribution in [0.1, 0.15) is 77.7 Å². The Labute approximate surface area is 225 Å². The van der Waals surface area contributed by atoms with Gasteiger partial charge in [0.25, 0.3) is 0 Å². The van der Waals surface area contributed by atoms with Crippen molar-refractivity contribution in [1.82, 2.24) is 0 Å². The SMILES string of the molecule is CC(C)c1cc(C(C)C)c2sc3ccccc3c(=O)c2c1C(=O)c1cccc2c1Cc1ccccc1S2. The summed E-state index contributed by atoms with van der Waals surface area (Å²) < 4.78 is 1.90. The first-order chi connectivity index (χ1) is 17.8. The van der Waals surface area contributed by atoms with Crippen LogP contribution in [0.4, 0.5) is 0 Å². The van der Waals surface area contributed by atoms with Gasteiger partial charge in [0.15, 0.2) is 11.2 Å². The predicted octanol–water partition coefficient (Wildman–Crippen LogP) is 8.95. The van der Waals surface area contributed by atoms with E-state index in [1.54, 1.807) is 23.1 Å². The zero-order chi connectivity index (χ0) is 25.8. The normalized spacial score (nSPS) is 12.8. The quantitative estimate of drug-likeness (QED) is 0.172. The summed E-state index contributed by atoms with van der Waals surface area (Å²) in [5.74, 6) is 0.296. The van der Waals surface area contributed by atoms with Crippen LogP contribution in [0.2, 0.25) is 0 Å². The number of hydrogen-bond donors (Lipinski definition) is 0. The van der Waals surface area contributed by atoms with E-state index in [0.717, 1.165) is 37.4 Å². The number of benzene rings is 4. The van der Waals surface area contributed by atoms with Crippen LogP contribution in [0.3, 0.4) is 0 Å². The Morgan fingerprint density at radius 3 is 2.30 bits per heavy atom. The molecule has 4 aromatic carbocycles. The van der Waals surface area contributed by atoms with Gasteiger partial charge in [-0.3, -0.25) is 9.59 Å². The van der Waals surface area contributed by atoms with E-state index in [4.69, 9.17) is 0 Å². The summed E-state index contributed by atoms with van der Waals surface area (Å²) in [6.45, 7) is 8.55. The summed E-state index contributed by atoms with van der Waals surface area (Å²) in [4.78, 5) is 31.1. The van der Waals surface area contributed by atoms with Crippen molar-refractivity contribution in [2.24, 2.45) is 0 Å². The average Bonchev–Trinajstić information content (AvgIpc) is 2.90. The first kappa shape index (κ1) is 24.1. The average molecular weight is 521 g/mol. The molecule has 1 aliphatic heterocycles. The zero-order valence-corrected chi connectivity index (χ0v) is 23.1. The molecule has 0 radical (unpaired) electrons. The highest BCUT2D eigenvalue weighted by molar-refractivity contribution is 7.99. The van der Waals surface area contributed by atoms with E-state index in [0.29, 0.717) is 21.9 Å². The molecule has 0 fully saturated rings. The van der Waals surface area contributed by atoms with E-state index in [1.807, 2.05) is 36.4 Å². The molecule has 37 heavy (non-hydrogen) atoms. The second-order valence-corrected chi connectivity index (χ2v) is 12.5. The lowest BCUT2D eigenvalue weighted by Gasteiger charge is -2.23. The molecule has 6 rings (SSSR count).